The molecule has 0 heterocycles. The van der Waals surface area contributed by atoms with E-state index >= 15 is 0 Å². The van der Waals surface area contributed by atoms with Crippen molar-refractivity contribution in [1.82, 2.24) is 0 Å². The van der Waals surface area contributed by atoms with E-state index in [1.807, 2.05) is 0 Å². The van der Waals surface area contributed by atoms with Crippen LogP contribution in [0.25, 0.3) is 0 Å². The molecule has 0 saturated carbocycles. The van der Waals surface area contributed by atoms with Gasteiger partial charge in [0, 0.05) is 0 Å². The summed E-state index contributed by atoms with van der Waals surface area (Å²) in [5.41, 5.74) is -0.793. The Hall–Kier alpha value is -0.0400. The smallest absolute Gasteiger partial charge is 0.0766 e. The van der Waals surface area contributed by atoms with Gasteiger partial charge in [0.1, 0.15) is 0 Å². The topological polar surface area (TPSA) is 20.2 Å². The van der Waals surface area contributed by atoms with Crippen molar-refractivity contribution in [2.24, 2.45) is 16.7 Å². The lowest BCUT2D eigenvalue weighted by atomic mass is 9.58. The predicted molar refractivity (Wildman–Crippen MR) is 58.7 cm³/mol. The summed E-state index contributed by atoms with van der Waals surface area (Å²) in [6, 6.07) is 0. The molecule has 0 radical (unpaired) electrons. The maximum absolute atomic E-state index is 10.8. The minimum atomic E-state index is -0.625. The summed E-state index contributed by atoms with van der Waals surface area (Å²) in [5.74, 6) is 0.271. The van der Waals surface area contributed by atoms with Gasteiger partial charge in [0.25, 0.3) is 0 Å². The fourth-order valence-electron chi connectivity index (χ4n) is 2.86. The van der Waals surface area contributed by atoms with Gasteiger partial charge in [-0.15, -0.1) is 0 Å². The number of aliphatic hydroxyl groups is 1. The molecule has 0 rings (SSSR count). The van der Waals surface area contributed by atoms with Gasteiger partial charge in [-0.25, -0.2) is 0 Å². The van der Waals surface area contributed by atoms with E-state index in [1.54, 1.807) is 0 Å². The number of rotatable bonds is 1. The lowest BCUT2D eigenvalue weighted by molar-refractivity contribution is -0.167. The van der Waals surface area contributed by atoms with E-state index in [-0.39, 0.29) is 16.7 Å². The minimum absolute atomic E-state index is 0.0839. The molecule has 0 atom stereocenters. The fourth-order valence-corrected chi connectivity index (χ4v) is 2.86. The Morgan fingerprint density at radius 2 is 1.00 bits per heavy atom. The van der Waals surface area contributed by atoms with Crippen LogP contribution in [0, 0.1) is 16.7 Å². The Morgan fingerprint density at radius 3 is 1.00 bits per heavy atom. The monoisotopic (exact) mass is 186 g/mol. The first kappa shape index (κ1) is 13.0. The summed E-state index contributed by atoms with van der Waals surface area (Å²) in [4.78, 5) is 0. The Labute approximate surface area is 83.5 Å². The highest BCUT2D eigenvalue weighted by atomic mass is 16.3. The molecule has 0 aromatic carbocycles. The van der Waals surface area contributed by atoms with Crippen molar-refractivity contribution in [3.63, 3.8) is 0 Å². The zero-order chi connectivity index (χ0) is 11.1. The zero-order valence-corrected chi connectivity index (χ0v) is 10.5. The maximum atomic E-state index is 10.8. The first-order valence-electron chi connectivity index (χ1n) is 5.17. The molecule has 1 heteroatoms. The van der Waals surface area contributed by atoms with Crippen LogP contribution in [0.5, 0.6) is 0 Å². The third kappa shape index (κ3) is 2.07. The van der Waals surface area contributed by atoms with Crippen LogP contribution >= 0.6 is 0 Å². The molecule has 0 unspecified atom stereocenters. The van der Waals surface area contributed by atoms with E-state index in [0.717, 1.165) is 0 Å². The van der Waals surface area contributed by atoms with Crippen LogP contribution < -0.4 is 0 Å². The van der Waals surface area contributed by atoms with Crippen LogP contribution in [0.4, 0.5) is 0 Å². The Balaban J connectivity index is 5.22. The maximum Gasteiger partial charge on any atom is 0.0766 e. The van der Waals surface area contributed by atoms with E-state index in [1.165, 1.54) is 0 Å². The van der Waals surface area contributed by atoms with Crippen molar-refractivity contribution >= 4 is 0 Å². The van der Waals surface area contributed by atoms with Gasteiger partial charge < -0.3 is 5.11 Å². The molecule has 0 aliphatic carbocycles. The standard InChI is InChI=1S/C12H26O/c1-9(2)12(13,10(3,4)5)11(6,7)8/h9,13H,1-8H3. The van der Waals surface area contributed by atoms with E-state index in [2.05, 4.69) is 55.4 Å². The van der Waals surface area contributed by atoms with Gasteiger partial charge in [-0.05, 0) is 16.7 Å². The molecule has 0 amide bonds. The van der Waals surface area contributed by atoms with Crippen LogP contribution in [0.15, 0.2) is 0 Å². The van der Waals surface area contributed by atoms with Crippen molar-refractivity contribution in [1.29, 1.82) is 0 Å². The van der Waals surface area contributed by atoms with Gasteiger partial charge >= 0.3 is 0 Å². The largest absolute Gasteiger partial charge is 0.389 e. The first-order valence-corrected chi connectivity index (χ1v) is 5.17. The number of hydrogen-bond donors (Lipinski definition) is 1. The van der Waals surface area contributed by atoms with Crippen molar-refractivity contribution in [2.45, 2.75) is 61.0 Å². The van der Waals surface area contributed by atoms with E-state index < -0.39 is 5.60 Å². The summed E-state index contributed by atoms with van der Waals surface area (Å²) < 4.78 is 0. The van der Waals surface area contributed by atoms with Gasteiger partial charge in [-0.2, -0.15) is 0 Å². The lowest BCUT2D eigenvalue weighted by Crippen LogP contribution is -2.56. The van der Waals surface area contributed by atoms with Crippen molar-refractivity contribution < 1.29 is 5.11 Å². The summed E-state index contributed by atoms with van der Waals surface area (Å²) in [6.07, 6.45) is 0. The molecule has 0 aliphatic heterocycles. The summed E-state index contributed by atoms with van der Waals surface area (Å²) >= 11 is 0. The second-order valence-corrected chi connectivity index (χ2v) is 6.42. The van der Waals surface area contributed by atoms with E-state index in [4.69, 9.17) is 0 Å². The SMILES string of the molecule is CC(C)C(O)(C(C)(C)C)C(C)(C)C. The quantitative estimate of drug-likeness (QED) is 0.665. The second kappa shape index (κ2) is 3.27. The van der Waals surface area contributed by atoms with E-state index in [0.29, 0.717) is 0 Å². The predicted octanol–water partition coefficient (Wildman–Crippen LogP) is 3.47. The summed E-state index contributed by atoms with van der Waals surface area (Å²) in [7, 11) is 0. The normalized spacial score (nSPS) is 15.2. The summed E-state index contributed by atoms with van der Waals surface area (Å²) in [5, 5.41) is 10.8. The molecule has 0 aromatic rings. The Bertz CT molecular complexity index is 153. The summed E-state index contributed by atoms with van der Waals surface area (Å²) in [6.45, 7) is 16.8. The molecule has 0 bridgehead atoms. The van der Waals surface area contributed by atoms with Gasteiger partial charge in [-0.1, -0.05) is 55.4 Å². The fraction of sp³-hybridized carbons (Fsp3) is 1.00. The van der Waals surface area contributed by atoms with Crippen molar-refractivity contribution in [3.8, 4) is 0 Å². The molecule has 0 fully saturated rings. The van der Waals surface area contributed by atoms with Crippen molar-refractivity contribution in [2.75, 3.05) is 0 Å². The average Bonchev–Trinajstić information content (AvgIpc) is 1.80. The molecule has 0 aromatic heterocycles. The molecule has 0 saturated heterocycles. The molecule has 1 N–H and O–H groups in total. The minimum Gasteiger partial charge on any atom is -0.389 e. The third-order valence-electron chi connectivity index (χ3n) is 3.12. The lowest BCUT2D eigenvalue weighted by Gasteiger charge is -2.52. The molecular formula is C12H26O. The van der Waals surface area contributed by atoms with Gasteiger partial charge in [0.15, 0.2) is 0 Å². The van der Waals surface area contributed by atoms with Crippen LogP contribution in [0.3, 0.4) is 0 Å². The van der Waals surface area contributed by atoms with Gasteiger partial charge in [0.2, 0.25) is 0 Å². The highest BCUT2D eigenvalue weighted by Crippen LogP contribution is 2.48. The van der Waals surface area contributed by atoms with Crippen LogP contribution in [-0.2, 0) is 0 Å². The highest BCUT2D eigenvalue weighted by molar-refractivity contribution is 5.01. The van der Waals surface area contributed by atoms with Crippen molar-refractivity contribution in [3.05, 3.63) is 0 Å². The average molecular weight is 186 g/mol. The molecular weight excluding hydrogens is 160 g/mol. The zero-order valence-electron chi connectivity index (χ0n) is 10.5. The molecule has 80 valence electrons. The molecule has 0 aliphatic rings. The molecule has 0 spiro atoms. The van der Waals surface area contributed by atoms with Gasteiger partial charge in [-0.3, -0.25) is 0 Å². The second-order valence-electron chi connectivity index (χ2n) is 6.42. The molecule has 1 nitrogen and oxygen atoms in total. The molecule has 13 heavy (non-hydrogen) atoms. The van der Waals surface area contributed by atoms with Crippen LogP contribution in [0.1, 0.15) is 55.4 Å². The number of hydrogen-bond acceptors (Lipinski definition) is 1. The van der Waals surface area contributed by atoms with E-state index in [9.17, 15) is 5.11 Å². The third-order valence-corrected chi connectivity index (χ3v) is 3.12. The Kier molecular flexibility index (Phi) is 3.26. The van der Waals surface area contributed by atoms with Crippen LogP contribution in [-0.4, -0.2) is 10.7 Å². The van der Waals surface area contributed by atoms with Crippen LogP contribution in [0.2, 0.25) is 0 Å². The van der Waals surface area contributed by atoms with Gasteiger partial charge in [0.05, 0.1) is 5.60 Å². The first-order chi connectivity index (χ1) is 5.44. The highest BCUT2D eigenvalue weighted by Gasteiger charge is 2.51. The Morgan fingerprint density at radius 1 is 0.769 bits per heavy atom.